The summed E-state index contributed by atoms with van der Waals surface area (Å²) in [6.07, 6.45) is 5.01. The van der Waals surface area contributed by atoms with E-state index in [2.05, 4.69) is 30.8 Å². The van der Waals surface area contributed by atoms with Crippen molar-refractivity contribution < 1.29 is 9.90 Å². The topological polar surface area (TPSA) is 118 Å². The Bertz CT molecular complexity index is 1260. The van der Waals surface area contributed by atoms with E-state index < -0.39 is 0 Å². The zero-order chi connectivity index (χ0) is 23.9. The molecule has 0 aliphatic carbocycles. The number of benzene rings is 1. The number of carbonyl (C=O) groups excluding carboxylic acids is 1. The van der Waals surface area contributed by atoms with Gasteiger partial charge in [0.2, 0.25) is 0 Å². The Hall–Kier alpha value is -3.82. The third-order valence-corrected chi connectivity index (χ3v) is 5.53. The molecule has 9 nitrogen and oxygen atoms in total. The van der Waals surface area contributed by atoms with Gasteiger partial charge in [0.1, 0.15) is 0 Å². The van der Waals surface area contributed by atoms with E-state index in [0.717, 1.165) is 11.3 Å². The molecule has 34 heavy (non-hydrogen) atoms. The number of nitrogens with one attached hydrogen (secondary N) is 2. The summed E-state index contributed by atoms with van der Waals surface area (Å²) in [5.41, 5.74) is 2.72. The first-order valence-electron chi connectivity index (χ1n) is 10.8. The predicted molar refractivity (Wildman–Crippen MR) is 129 cm³/mol. The minimum Gasteiger partial charge on any atom is -0.395 e. The highest BCUT2D eigenvalue weighted by Gasteiger charge is 2.16. The lowest BCUT2D eigenvalue weighted by Gasteiger charge is -2.15. The van der Waals surface area contributed by atoms with Gasteiger partial charge in [0.25, 0.3) is 5.91 Å². The van der Waals surface area contributed by atoms with Crippen LogP contribution in [0.4, 0.5) is 5.69 Å². The molecule has 0 radical (unpaired) electrons. The average molecular weight is 478 g/mol. The molecule has 0 bridgehead atoms. The van der Waals surface area contributed by atoms with Crippen LogP contribution in [0.5, 0.6) is 0 Å². The van der Waals surface area contributed by atoms with Crippen LogP contribution in [0.2, 0.25) is 5.02 Å². The molecule has 0 fully saturated rings. The largest absolute Gasteiger partial charge is 0.395 e. The number of nitrogens with zero attached hydrogens (tertiary/aromatic N) is 5. The summed E-state index contributed by atoms with van der Waals surface area (Å²) in [6.45, 7) is 2.51. The predicted octanol–water partition coefficient (Wildman–Crippen LogP) is 3.48. The molecule has 4 rings (SSSR count). The van der Waals surface area contributed by atoms with E-state index in [9.17, 15) is 9.90 Å². The first kappa shape index (κ1) is 23.3. The zero-order valence-electron chi connectivity index (χ0n) is 18.5. The van der Waals surface area contributed by atoms with Crippen LogP contribution in [0.15, 0.2) is 67.1 Å². The van der Waals surface area contributed by atoms with Crippen LogP contribution in [-0.4, -0.2) is 42.4 Å². The highest BCUT2D eigenvalue weighted by molar-refractivity contribution is 6.31. The fraction of sp³-hybridized carbons (Fsp3) is 0.208. The smallest absolute Gasteiger partial charge is 0.251 e. The molecule has 0 aliphatic rings. The second kappa shape index (κ2) is 10.9. The normalized spacial score (nSPS) is 11.7. The van der Waals surface area contributed by atoms with Crippen molar-refractivity contribution in [1.29, 1.82) is 0 Å². The standard InChI is InChI=1S/C24H24ClN7O2/c1-16(22-20(25)6-3-9-27-22)29-24(34)18-4-2-5-19(14-18)28-15-21-30-31-23(32(21)12-13-33)17-7-10-26-11-8-17/h2-11,14,16,28,33H,12-13,15H2,1H3,(H,29,34)/t16-/m1/s1. The summed E-state index contributed by atoms with van der Waals surface area (Å²) >= 11 is 6.19. The number of pyridine rings is 2. The summed E-state index contributed by atoms with van der Waals surface area (Å²) in [4.78, 5) is 21.1. The van der Waals surface area contributed by atoms with Gasteiger partial charge in [-0.15, -0.1) is 10.2 Å². The molecule has 0 saturated carbocycles. The van der Waals surface area contributed by atoms with Gasteiger partial charge < -0.3 is 20.3 Å². The van der Waals surface area contributed by atoms with Gasteiger partial charge in [0.05, 0.1) is 29.9 Å². The van der Waals surface area contributed by atoms with Crippen LogP contribution in [0.3, 0.4) is 0 Å². The lowest BCUT2D eigenvalue weighted by molar-refractivity contribution is 0.0939. The Morgan fingerprint density at radius 1 is 1.12 bits per heavy atom. The van der Waals surface area contributed by atoms with Crippen LogP contribution >= 0.6 is 11.6 Å². The Balaban J connectivity index is 1.45. The number of amides is 1. The Morgan fingerprint density at radius 2 is 1.94 bits per heavy atom. The van der Waals surface area contributed by atoms with E-state index in [1.54, 1.807) is 48.9 Å². The van der Waals surface area contributed by atoms with Crippen molar-refractivity contribution in [3.05, 3.63) is 89.2 Å². The fourth-order valence-electron chi connectivity index (χ4n) is 3.53. The van der Waals surface area contributed by atoms with Gasteiger partial charge in [-0.2, -0.15) is 0 Å². The maximum atomic E-state index is 12.8. The molecule has 1 aromatic carbocycles. The summed E-state index contributed by atoms with van der Waals surface area (Å²) in [7, 11) is 0. The van der Waals surface area contributed by atoms with E-state index in [-0.39, 0.29) is 18.6 Å². The summed E-state index contributed by atoms with van der Waals surface area (Å²) in [5, 5.41) is 24.8. The molecule has 0 spiro atoms. The monoisotopic (exact) mass is 477 g/mol. The number of carbonyl (C=O) groups is 1. The molecule has 0 unspecified atom stereocenters. The van der Waals surface area contributed by atoms with Gasteiger partial charge in [-0.05, 0) is 49.4 Å². The number of hydrogen-bond acceptors (Lipinski definition) is 7. The Morgan fingerprint density at radius 3 is 2.71 bits per heavy atom. The molecular formula is C24H24ClN7O2. The molecule has 1 amide bonds. The zero-order valence-corrected chi connectivity index (χ0v) is 19.3. The lowest BCUT2D eigenvalue weighted by atomic mass is 10.1. The highest BCUT2D eigenvalue weighted by atomic mass is 35.5. The molecule has 10 heteroatoms. The molecule has 4 aromatic rings. The SMILES string of the molecule is C[C@@H](NC(=O)c1cccc(NCc2nnc(-c3ccncc3)n2CCO)c1)c1ncccc1Cl. The maximum Gasteiger partial charge on any atom is 0.251 e. The second-order valence-corrected chi connectivity index (χ2v) is 7.96. The number of rotatable bonds is 9. The first-order chi connectivity index (χ1) is 16.6. The van der Waals surface area contributed by atoms with E-state index in [0.29, 0.717) is 41.0 Å². The number of aliphatic hydroxyl groups is 1. The summed E-state index contributed by atoms with van der Waals surface area (Å²) in [6, 6.07) is 14.0. The van der Waals surface area contributed by atoms with Crippen molar-refractivity contribution >= 4 is 23.2 Å². The molecule has 3 aromatic heterocycles. The van der Waals surface area contributed by atoms with Crippen molar-refractivity contribution in [1.82, 2.24) is 30.0 Å². The van der Waals surface area contributed by atoms with Crippen molar-refractivity contribution in [2.45, 2.75) is 26.1 Å². The third kappa shape index (κ3) is 5.38. The lowest BCUT2D eigenvalue weighted by Crippen LogP contribution is -2.27. The molecule has 1 atom stereocenters. The van der Waals surface area contributed by atoms with E-state index in [1.807, 2.05) is 29.7 Å². The molecule has 0 aliphatic heterocycles. The van der Waals surface area contributed by atoms with E-state index in [1.165, 1.54) is 0 Å². The van der Waals surface area contributed by atoms with Crippen LogP contribution in [-0.2, 0) is 13.1 Å². The number of halogens is 1. The van der Waals surface area contributed by atoms with Gasteiger partial charge in [-0.1, -0.05) is 17.7 Å². The molecule has 3 heterocycles. The highest BCUT2D eigenvalue weighted by Crippen LogP contribution is 2.21. The maximum absolute atomic E-state index is 12.8. The molecular weight excluding hydrogens is 454 g/mol. The van der Waals surface area contributed by atoms with Gasteiger partial charge >= 0.3 is 0 Å². The van der Waals surface area contributed by atoms with Crippen LogP contribution < -0.4 is 10.6 Å². The quantitative estimate of drug-likeness (QED) is 0.337. The minimum absolute atomic E-state index is 0.0444. The fourth-order valence-corrected chi connectivity index (χ4v) is 3.82. The Labute approximate surface area is 201 Å². The van der Waals surface area contributed by atoms with E-state index in [4.69, 9.17) is 11.6 Å². The minimum atomic E-state index is -0.346. The molecule has 3 N–H and O–H groups in total. The molecule has 174 valence electrons. The number of aliphatic hydroxyl groups excluding tert-OH is 1. The van der Waals surface area contributed by atoms with Crippen molar-refractivity contribution in [2.75, 3.05) is 11.9 Å². The van der Waals surface area contributed by atoms with E-state index >= 15 is 0 Å². The average Bonchev–Trinajstić information content (AvgIpc) is 3.26. The number of hydrogen-bond donors (Lipinski definition) is 3. The Kier molecular flexibility index (Phi) is 7.46. The van der Waals surface area contributed by atoms with Crippen molar-refractivity contribution in [3.63, 3.8) is 0 Å². The summed E-state index contributed by atoms with van der Waals surface area (Å²) in [5.74, 6) is 1.08. The van der Waals surface area contributed by atoms with Crippen LogP contribution in [0.1, 0.15) is 34.8 Å². The second-order valence-electron chi connectivity index (χ2n) is 7.55. The van der Waals surface area contributed by atoms with Crippen molar-refractivity contribution in [3.8, 4) is 11.4 Å². The number of aromatic nitrogens is 5. The van der Waals surface area contributed by atoms with Crippen molar-refractivity contribution in [2.24, 2.45) is 0 Å². The first-order valence-corrected chi connectivity index (χ1v) is 11.1. The van der Waals surface area contributed by atoms with Gasteiger partial charge in [-0.25, -0.2) is 0 Å². The van der Waals surface area contributed by atoms with Gasteiger partial charge in [-0.3, -0.25) is 14.8 Å². The third-order valence-electron chi connectivity index (χ3n) is 5.21. The molecule has 0 saturated heterocycles. The van der Waals surface area contributed by atoms with Crippen LogP contribution in [0, 0.1) is 0 Å². The van der Waals surface area contributed by atoms with Gasteiger partial charge in [0, 0.05) is 41.9 Å². The van der Waals surface area contributed by atoms with Gasteiger partial charge in [0.15, 0.2) is 11.6 Å². The summed E-state index contributed by atoms with van der Waals surface area (Å²) < 4.78 is 1.86. The van der Waals surface area contributed by atoms with Crippen LogP contribution in [0.25, 0.3) is 11.4 Å². The number of anilines is 1.